The Morgan fingerprint density at radius 1 is 1.12 bits per heavy atom. The number of aromatic amines is 1. The lowest BCUT2D eigenvalue weighted by atomic mass is 9.76. The van der Waals surface area contributed by atoms with Gasteiger partial charge in [0.15, 0.2) is 0 Å². The standard InChI is InChI=1S/C31H38ClN7O/c1-18-14-25-24(17-33-35-25)28(29(18)32)27-19(2)39(23-8-10-31(11-9-23)20(3)37(4)12-13-40-31)36-30(27)21-6-7-26-22(15-21)16-34-38(26)5/h6-7,14-17,20,23,28-29H,8-13H2,1-5H3,(H,33,35). The zero-order valence-corrected chi connectivity index (χ0v) is 24.7. The van der Waals surface area contributed by atoms with Gasteiger partial charge in [0.05, 0.1) is 52.9 Å². The molecule has 9 heteroatoms. The highest BCUT2D eigenvalue weighted by Gasteiger charge is 2.46. The molecule has 1 aromatic carbocycles. The summed E-state index contributed by atoms with van der Waals surface area (Å²) in [6, 6.07) is 7.28. The second-order valence-corrected chi connectivity index (χ2v) is 12.6. The van der Waals surface area contributed by atoms with Crippen LogP contribution in [0.3, 0.4) is 0 Å². The van der Waals surface area contributed by atoms with Crippen LogP contribution in [0.25, 0.3) is 28.2 Å². The van der Waals surface area contributed by atoms with Crippen molar-refractivity contribution in [1.82, 2.24) is 34.7 Å². The summed E-state index contributed by atoms with van der Waals surface area (Å²) in [6.45, 7) is 8.48. The second kappa shape index (κ2) is 9.57. The van der Waals surface area contributed by atoms with E-state index in [1.54, 1.807) is 0 Å². The lowest BCUT2D eigenvalue weighted by Gasteiger charge is -2.50. The van der Waals surface area contributed by atoms with Crippen molar-refractivity contribution in [3.63, 3.8) is 0 Å². The van der Waals surface area contributed by atoms with Crippen molar-refractivity contribution in [2.45, 2.75) is 75.4 Å². The van der Waals surface area contributed by atoms with Gasteiger partial charge in [0.25, 0.3) is 0 Å². The van der Waals surface area contributed by atoms with Crippen LogP contribution in [0, 0.1) is 6.92 Å². The van der Waals surface area contributed by atoms with E-state index in [2.05, 4.69) is 77.0 Å². The molecule has 0 amide bonds. The maximum absolute atomic E-state index is 7.22. The number of rotatable bonds is 3. The minimum atomic E-state index is -0.177. The summed E-state index contributed by atoms with van der Waals surface area (Å²) in [5, 5.41) is 18.4. The Hall–Kier alpha value is -2.94. The van der Waals surface area contributed by atoms with Gasteiger partial charge in [-0.1, -0.05) is 11.6 Å². The van der Waals surface area contributed by atoms with Gasteiger partial charge in [-0.2, -0.15) is 15.3 Å². The predicted octanol–water partition coefficient (Wildman–Crippen LogP) is 5.83. The molecular formula is C31H38ClN7O. The largest absolute Gasteiger partial charge is 0.372 e. The van der Waals surface area contributed by atoms with E-state index in [1.807, 2.05) is 24.1 Å². The maximum Gasteiger partial charge on any atom is 0.0965 e. The molecule has 210 valence electrons. The topological polar surface area (TPSA) is 76.8 Å². The van der Waals surface area contributed by atoms with Crippen LogP contribution in [-0.2, 0) is 11.8 Å². The molecule has 1 saturated heterocycles. The van der Waals surface area contributed by atoms with Crippen molar-refractivity contribution < 1.29 is 4.74 Å². The third kappa shape index (κ3) is 3.90. The maximum atomic E-state index is 7.22. The molecule has 1 aliphatic heterocycles. The average molecular weight is 560 g/mol. The molecule has 40 heavy (non-hydrogen) atoms. The number of likely N-dealkylation sites (N-methyl/N-ethyl adjacent to an activating group) is 1. The molecule has 4 aromatic rings. The molecule has 3 atom stereocenters. The zero-order valence-electron chi connectivity index (χ0n) is 24.0. The Bertz CT molecular complexity index is 1600. The monoisotopic (exact) mass is 559 g/mol. The van der Waals surface area contributed by atoms with Gasteiger partial charge in [-0.05, 0) is 71.7 Å². The van der Waals surface area contributed by atoms with E-state index < -0.39 is 0 Å². The van der Waals surface area contributed by atoms with Crippen molar-refractivity contribution in [1.29, 1.82) is 0 Å². The van der Waals surface area contributed by atoms with E-state index in [0.29, 0.717) is 12.1 Å². The van der Waals surface area contributed by atoms with Crippen LogP contribution in [-0.4, -0.2) is 71.9 Å². The van der Waals surface area contributed by atoms with Gasteiger partial charge in [-0.15, -0.1) is 11.6 Å². The number of hydrogen-bond acceptors (Lipinski definition) is 5. The fourth-order valence-corrected chi connectivity index (χ4v) is 7.81. The molecular weight excluding hydrogens is 522 g/mol. The van der Waals surface area contributed by atoms with Crippen LogP contribution in [0.1, 0.15) is 74.0 Å². The number of halogens is 1. The van der Waals surface area contributed by atoms with Crippen molar-refractivity contribution in [2.75, 3.05) is 20.2 Å². The first-order valence-electron chi connectivity index (χ1n) is 14.5. The Morgan fingerprint density at radius 2 is 1.93 bits per heavy atom. The molecule has 7 rings (SSSR count). The molecule has 3 unspecified atom stereocenters. The van der Waals surface area contributed by atoms with Crippen molar-refractivity contribution >= 4 is 28.6 Å². The van der Waals surface area contributed by atoms with Crippen LogP contribution in [0.4, 0.5) is 0 Å². The summed E-state index contributed by atoms with van der Waals surface area (Å²) in [5.74, 6) is -0.0426. The normalized spacial score (nSPS) is 29.2. The molecule has 3 aromatic heterocycles. The van der Waals surface area contributed by atoms with Crippen LogP contribution < -0.4 is 0 Å². The Balaban J connectivity index is 1.33. The smallest absolute Gasteiger partial charge is 0.0965 e. The zero-order chi connectivity index (χ0) is 27.8. The summed E-state index contributed by atoms with van der Waals surface area (Å²) >= 11 is 7.22. The molecule has 1 spiro atoms. The number of ether oxygens (including phenoxy) is 1. The number of allylic oxidation sites excluding steroid dienone is 1. The Labute approximate surface area is 240 Å². The van der Waals surface area contributed by atoms with E-state index in [0.717, 1.165) is 77.8 Å². The molecule has 3 aliphatic rings. The highest BCUT2D eigenvalue weighted by atomic mass is 35.5. The number of benzene rings is 1. The number of nitrogens with one attached hydrogen (secondary N) is 1. The highest BCUT2D eigenvalue weighted by Crippen LogP contribution is 2.48. The number of nitrogens with zero attached hydrogens (tertiary/aromatic N) is 6. The molecule has 0 radical (unpaired) electrons. The fraction of sp³-hybridized carbons (Fsp3) is 0.516. The van der Waals surface area contributed by atoms with E-state index in [-0.39, 0.29) is 16.9 Å². The number of alkyl halides is 1. The average Bonchev–Trinajstić information content (AvgIpc) is 3.66. The van der Waals surface area contributed by atoms with E-state index >= 15 is 0 Å². The van der Waals surface area contributed by atoms with Gasteiger partial charge >= 0.3 is 0 Å². The minimum Gasteiger partial charge on any atom is -0.372 e. The lowest BCUT2D eigenvalue weighted by molar-refractivity contribution is -0.157. The third-order valence-electron chi connectivity index (χ3n) is 10.1. The van der Waals surface area contributed by atoms with E-state index in [4.69, 9.17) is 21.4 Å². The number of aryl methyl sites for hydroxylation is 1. The van der Waals surface area contributed by atoms with Crippen LogP contribution >= 0.6 is 11.6 Å². The Kier molecular flexibility index (Phi) is 6.22. The summed E-state index contributed by atoms with van der Waals surface area (Å²) in [6.07, 6.45) is 10.2. The van der Waals surface area contributed by atoms with Crippen molar-refractivity contribution in [3.05, 3.63) is 58.7 Å². The number of H-pyrrole nitrogens is 1. The first-order chi connectivity index (χ1) is 19.3. The van der Waals surface area contributed by atoms with Gasteiger partial charge in [0.2, 0.25) is 0 Å². The molecule has 1 N–H and O–H groups in total. The van der Waals surface area contributed by atoms with E-state index in [1.165, 1.54) is 11.3 Å². The molecule has 2 fully saturated rings. The first-order valence-corrected chi connectivity index (χ1v) is 14.9. The van der Waals surface area contributed by atoms with Gasteiger partial charge in [-0.3, -0.25) is 19.4 Å². The lowest BCUT2D eigenvalue weighted by Crippen LogP contribution is -2.58. The molecule has 2 aliphatic carbocycles. The Morgan fingerprint density at radius 3 is 2.73 bits per heavy atom. The summed E-state index contributed by atoms with van der Waals surface area (Å²) in [5.41, 5.74) is 8.83. The highest BCUT2D eigenvalue weighted by molar-refractivity contribution is 6.24. The number of fused-ring (bicyclic) bond motifs is 2. The summed E-state index contributed by atoms with van der Waals surface area (Å²) in [4.78, 5) is 2.45. The molecule has 8 nitrogen and oxygen atoms in total. The third-order valence-corrected chi connectivity index (χ3v) is 10.7. The van der Waals surface area contributed by atoms with Crippen molar-refractivity contribution in [2.24, 2.45) is 7.05 Å². The van der Waals surface area contributed by atoms with Gasteiger partial charge in [0, 0.05) is 53.3 Å². The molecule has 4 heterocycles. The number of aromatic nitrogens is 6. The molecule has 0 bridgehead atoms. The summed E-state index contributed by atoms with van der Waals surface area (Å²) < 4.78 is 10.7. The van der Waals surface area contributed by atoms with Gasteiger partial charge < -0.3 is 4.74 Å². The predicted molar refractivity (Wildman–Crippen MR) is 159 cm³/mol. The van der Waals surface area contributed by atoms with Crippen LogP contribution in [0.2, 0.25) is 0 Å². The van der Waals surface area contributed by atoms with Crippen molar-refractivity contribution in [3.8, 4) is 11.3 Å². The minimum absolute atomic E-state index is 0.0426. The summed E-state index contributed by atoms with van der Waals surface area (Å²) in [7, 11) is 4.20. The first kappa shape index (κ1) is 26.0. The second-order valence-electron chi connectivity index (χ2n) is 12.1. The number of morpholine rings is 1. The van der Waals surface area contributed by atoms with E-state index in [9.17, 15) is 0 Å². The van der Waals surface area contributed by atoms with Gasteiger partial charge in [-0.25, -0.2) is 0 Å². The molecule has 1 saturated carbocycles. The van der Waals surface area contributed by atoms with Crippen LogP contribution in [0.15, 0.2) is 36.2 Å². The quantitative estimate of drug-likeness (QED) is 0.320. The SMILES string of the molecule is CC1=Cc2[nH]ncc2C(c2c(-c3ccc4c(cnn4C)c3)nn(C3CCC4(CC3)OCCN(C)C4C)c2C)C1Cl. The van der Waals surface area contributed by atoms with Crippen LogP contribution in [0.5, 0.6) is 0 Å². The fourth-order valence-electron chi connectivity index (χ4n) is 7.49. The van der Waals surface area contributed by atoms with Gasteiger partial charge in [0.1, 0.15) is 0 Å². The number of hydrogen-bond donors (Lipinski definition) is 1.